The van der Waals surface area contributed by atoms with Crippen LogP contribution in [0.5, 0.6) is 11.5 Å². The van der Waals surface area contributed by atoms with Crippen molar-refractivity contribution in [3.8, 4) is 17.3 Å². The van der Waals surface area contributed by atoms with E-state index < -0.39 is 0 Å². The molecule has 27 heavy (non-hydrogen) atoms. The molecule has 0 saturated heterocycles. The van der Waals surface area contributed by atoms with Crippen molar-refractivity contribution in [3.63, 3.8) is 0 Å². The quantitative estimate of drug-likeness (QED) is 0.605. The summed E-state index contributed by atoms with van der Waals surface area (Å²) in [5.74, 6) is 1.46. The molecule has 1 aromatic carbocycles. The van der Waals surface area contributed by atoms with E-state index in [1.165, 1.54) is 6.08 Å². The number of nitrogens with one attached hydrogen (secondary N) is 1. The molecule has 0 aliphatic heterocycles. The number of hydrogen-bond acceptors (Lipinski definition) is 5. The first-order chi connectivity index (χ1) is 13.1. The number of carbonyl (C=O) groups is 1. The van der Waals surface area contributed by atoms with Crippen LogP contribution in [-0.4, -0.2) is 34.9 Å². The molecular weight excluding hydrogens is 412 g/mol. The number of amides is 1. The maximum Gasteiger partial charge on any atom is 0.248 e. The van der Waals surface area contributed by atoms with Crippen molar-refractivity contribution in [2.24, 2.45) is 0 Å². The normalized spacial score (nSPS) is 10.8. The van der Waals surface area contributed by atoms with E-state index in [-0.39, 0.29) is 5.91 Å². The SMILES string of the molecule is COc1ccc(C=CC(=O)Nc2cccnc2-n2cc(Br)cn2)cc1OC. The van der Waals surface area contributed by atoms with Crippen LogP contribution in [0.15, 0.2) is 59.5 Å². The van der Waals surface area contributed by atoms with Gasteiger partial charge in [-0.05, 0) is 51.8 Å². The van der Waals surface area contributed by atoms with Crippen LogP contribution in [0.3, 0.4) is 0 Å². The fourth-order valence-corrected chi connectivity index (χ4v) is 2.68. The number of anilines is 1. The third-order valence-corrected chi connectivity index (χ3v) is 4.06. The number of methoxy groups -OCH3 is 2. The zero-order valence-corrected chi connectivity index (χ0v) is 16.3. The van der Waals surface area contributed by atoms with Gasteiger partial charge in [0.15, 0.2) is 17.3 Å². The molecule has 0 aliphatic carbocycles. The Bertz CT molecular complexity index is 985. The van der Waals surface area contributed by atoms with Gasteiger partial charge in [-0.3, -0.25) is 4.79 Å². The predicted octanol–water partition coefficient (Wildman–Crippen LogP) is 3.70. The summed E-state index contributed by atoms with van der Waals surface area (Å²) in [7, 11) is 3.14. The minimum atomic E-state index is -0.287. The molecule has 7 nitrogen and oxygen atoms in total. The van der Waals surface area contributed by atoms with E-state index >= 15 is 0 Å². The van der Waals surface area contributed by atoms with Crippen molar-refractivity contribution in [3.05, 3.63) is 65.0 Å². The van der Waals surface area contributed by atoms with Gasteiger partial charge in [0.05, 0.1) is 30.6 Å². The van der Waals surface area contributed by atoms with Gasteiger partial charge in [0.25, 0.3) is 0 Å². The van der Waals surface area contributed by atoms with Gasteiger partial charge in [0.1, 0.15) is 0 Å². The van der Waals surface area contributed by atoms with Crippen molar-refractivity contribution in [1.82, 2.24) is 14.8 Å². The van der Waals surface area contributed by atoms with E-state index in [1.54, 1.807) is 67.8 Å². The molecule has 2 heterocycles. The van der Waals surface area contributed by atoms with E-state index in [0.717, 1.165) is 10.0 Å². The zero-order valence-electron chi connectivity index (χ0n) is 14.7. The molecule has 8 heteroatoms. The maximum absolute atomic E-state index is 12.3. The fourth-order valence-electron chi connectivity index (χ4n) is 2.40. The summed E-state index contributed by atoms with van der Waals surface area (Å²) in [4.78, 5) is 16.6. The van der Waals surface area contributed by atoms with E-state index in [0.29, 0.717) is 23.0 Å². The molecule has 1 N–H and O–H groups in total. The average molecular weight is 429 g/mol. The van der Waals surface area contributed by atoms with Gasteiger partial charge in [-0.15, -0.1) is 0 Å². The summed E-state index contributed by atoms with van der Waals surface area (Å²) < 4.78 is 12.9. The summed E-state index contributed by atoms with van der Waals surface area (Å²) in [6, 6.07) is 8.92. The Morgan fingerprint density at radius 2 is 2.04 bits per heavy atom. The Balaban J connectivity index is 1.76. The lowest BCUT2D eigenvalue weighted by Gasteiger charge is -2.09. The van der Waals surface area contributed by atoms with Gasteiger partial charge in [-0.25, -0.2) is 9.67 Å². The summed E-state index contributed by atoms with van der Waals surface area (Å²) in [5.41, 5.74) is 1.36. The third kappa shape index (κ3) is 4.53. The molecule has 0 unspecified atom stereocenters. The third-order valence-electron chi connectivity index (χ3n) is 3.65. The summed E-state index contributed by atoms with van der Waals surface area (Å²) in [6.07, 6.45) is 8.18. The molecule has 2 aromatic heterocycles. The Morgan fingerprint density at radius 3 is 2.74 bits per heavy atom. The second-order valence-electron chi connectivity index (χ2n) is 5.41. The number of carbonyl (C=O) groups excluding carboxylic acids is 1. The van der Waals surface area contributed by atoms with Gasteiger partial charge >= 0.3 is 0 Å². The molecule has 3 aromatic rings. The lowest BCUT2D eigenvalue weighted by atomic mass is 10.2. The fraction of sp³-hybridized carbons (Fsp3) is 0.105. The predicted molar refractivity (Wildman–Crippen MR) is 106 cm³/mol. The number of ether oxygens (including phenoxy) is 2. The van der Waals surface area contributed by atoms with Crippen molar-refractivity contribution >= 4 is 33.6 Å². The molecule has 0 atom stereocenters. The first-order valence-corrected chi connectivity index (χ1v) is 8.76. The first kappa shape index (κ1) is 18.7. The standard InChI is InChI=1S/C19H17BrN4O3/c1-26-16-7-5-13(10-17(16)27-2)6-8-18(25)23-15-4-3-9-21-19(15)24-12-14(20)11-22-24/h3-12H,1-2H3,(H,23,25). The van der Waals surface area contributed by atoms with Crippen molar-refractivity contribution in [1.29, 1.82) is 0 Å². The van der Waals surface area contributed by atoms with Crippen molar-refractivity contribution < 1.29 is 14.3 Å². The Kier molecular flexibility index (Phi) is 5.87. The Hall–Kier alpha value is -3.13. The van der Waals surface area contributed by atoms with E-state index in [1.807, 2.05) is 6.07 Å². The monoisotopic (exact) mass is 428 g/mol. The molecule has 0 fully saturated rings. The van der Waals surface area contributed by atoms with Gasteiger partial charge in [-0.2, -0.15) is 5.10 Å². The van der Waals surface area contributed by atoms with Crippen LogP contribution < -0.4 is 14.8 Å². The van der Waals surface area contributed by atoms with Crippen LogP contribution in [-0.2, 0) is 4.79 Å². The van der Waals surface area contributed by atoms with Gasteiger partial charge < -0.3 is 14.8 Å². The number of hydrogen-bond donors (Lipinski definition) is 1. The summed E-state index contributed by atoms with van der Waals surface area (Å²) >= 11 is 3.35. The van der Waals surface area contributed by atoms with E-state index in [4.69, 9.17) is 9.47 Å². The van der Waals surface area contributed by atoms with Gasteiger partial charge in [0, 0.05) is 18.5 Å². The molecule has 0 bridgehead atoms. The first-order valence-electron chi connectivity index (χ1n) is 7.97. The molecule has 1 amide bonds. The number of rotatable bonds is 6. The Morgan fingerprint density at radius 1 is 1.22 bits per heavy atom. The minimum Gasteiger partial charge on any atom is -0.493 e. The summed E-state index contributed by atoms with van der Waals surface area (Å²) in [5, 5.41) is 7.01. The minimum absolute atomic E-state index is 0.287. The highest BCUT2D eigenvalue weighted by Gasteiger charge is 2.09. The van der Waals surface area contributed by atoms with E-state index in [2.05, 4.69) is 31.3 Å². The van der Waals surface area contributed by atoms with Crippen molar-refractivity contribution in [2.75, 3.05) is 19.5 Å². The van der Waals surface area contributed by atoms with Crippen LogP contribution in [0.2, 0.25) is 0 Å². The summed E-state index contributed by atoms with van der Waals surface area (Å²) in [6.45, 7) is 0. The topological polar surface area (TPSA) is 78.3 Å². The highest BCUT2D eigenvalue weighted by Crippen LogP contribution is 2.28. The molecule has 0 spiro atoms. The van der Waals surface area contributed by atoms with Crippen LogP contribution in [0.4, 0.5) is 5.69 Å². The molecule has 3 rings (SSSR count). The Labute approximate surface area is 164 Å². The van der Waals surface area contributed by atoms with Crippen LogP contribution in [0, 0.1) is 0 Å². The highest BCUT2D eigenvalue weighted by atomic mass is 79.9. The van der Waals surface area contributed by atoms with Crippen LogP contribution in [0.1, 0.15) is 5.56 Å². The zero-order chi connectivity index (χ0) is 19.2. The molecule has 0 aliphatic rings. The van der Waals surface area contributed by atoms with Crippen LogP contribution in [0.25, 0.3) is 11.9 Å². The maximum atomic E-state index is 12.3. The lowest BCUT2D eigenvalue weighted by Crippen LogP contribution is -2.11. The second-order valence-corrected chi connectivity index (χ2v) is 6.33. The largest absolute Gasteiger partial charge is 0.493 e. The van der Waals surface area contributed by atoms with Crippen LogP contribution >= 0.6 is 15.9 Å². The number of benzene rings is 1. The number of aromatic nitrogens is 3. The number of pyridine rings is 1. The number of nitrogens with zero attached hydrogens (tertiary/aromatic N) is 3. The molecule has 138 valence electrons. The van der Waals surface area contributed by atoms with Gasteiger partial charge in [0.2, 0.25) is 5.91 Å². The molecule has 0 saturated carbocycles. The smallest absolute Gasteiger partial charge is 0.248 e. The second kappa shape index (κ2) is 8.50. The highest BCUT2D eigenvalue weighted by molar-refractivity contribution is 9.10. The van der Waals surface area contributed by atoms with E-state index in [9.17, 15) is 4.79 Å². The average Bonchev–Trinajstić information content (AvgIpc) is 3.12. The lowest BCUT2D eigenvalue weighted by molar-refractivity contribution is -0.111. The molecular formula is C19H17BrN4O3. The molecule has 0 radical (unpaired) electrons. The number of halogens is 1. The van der Waals surface area contributed by atoms with Crippen molar-refractivity contribution in [2.45, 2.75) is 0 Å². The van der Waals surface area contributed by atoms with Gasteiger partial charge in [-0.1, -0.05) is 6.07 Å².